The van der Waals surface area contributed by atoms with Crippen molar-refractivity contribution in [3.8, 4) is 12.1 Å². The van der Waals surface area contributed by atoms with Gasteiger partial charge in [0.15, 0.2) is 0 Å². The van der Waals surface area contributed by atoms with Gasteiger partial charge in [-0.3, -0.25) is 4.68 Å². The van der Waals surface area contributed by atoms with Crippen molar-refractivity contribution in [3.63, 3.8) is 0 Å². The van der Waals surface area contributed by atoms with Gasteiger partial charge in [0, 0.05) is 31.4 Å². The zero-order valence-electron chi connectivity index (χ0n) is 10.0. The molecule has 0 saturated carbocycles. The number of rotatable bonds is 7. The lowest BCUT2D eigenvalue weighted by molar-refractivity contribution is 0.422. The van der Waals surface area contributed by atoms with Gasteiger partial charge in [0.2, 0.25) is 0 Å². The van der Waals surface area contributed by atoms with Gasteiger partial charge in [-0.15, -0.1) is 0 Å². The van der Waals surface area contributed by atoms with Gasteiger partial charge in [-0.25, -0.2) is 0 Å². The first-order chi connectivity index (χ1) is 8.26. The first-order valence-corrected chi connectivity index (χ1v) is 5.73. The van der Waals surface area contributed by atoms with Gasteiger partial charge in [0.25, 0.3) is 0 Å². The van der Waals surface area contributed by atoms with E-state index < -0.39 is 0 Å². The molecule has 90 valence electrons. The van der Waals surface area contributed by atoms with Gasteiger partial charge in [0.05, 0.1) is 24.6 Å². The monoisotopic (exact) mass is 231 g/mol. The zero-order valence-corrected chi connectivity index (χ0v) is 10.0. The van der Waals surface area contributed by atoms with E-state index in [1.807, 2.05) is 16.9 Å². The molecule has 0 amide bonds. The Hall–Kier alpha value is -1.85. The maximum Gasteiger partial charge on any atom is 0.0669 e. The average Bonchev–Trinajstić information content (AvgIpc) is 2.82. The second-order valence-electron chi connectivity index (χ2n) is 4.06. The molecule has 1 aromatic heterocycles. The summed E-state index contributed by atoms with van der Waals surface area (Å²) in [5, 5.41) is 24.8. The maximum atomic E-state index is 8.91. The normalized spacial score (nSPS) is 13.6. The summed E-state index contributed by atoms with van der Waals surface area (Å²) >= 11 is 0. The Kier molecular flexibility index (Phi) is 5.77. The third kappa shape index (κ3) is 5.14. The highest BCUT2D eigenvalue weighted by atomic mass is 15.3. The van der Waals surface area contributed by atoms with Crippen molar-refractivity contribution in [2.24, 2.45) is 5.92 Å². The molecular weight excluding hydrogens is 214 g/mol. The number of hydrogen-bond acceptors (Lipinski definition) is 4. The summed E-state index contributed by atoms with van der Waals surface area (Å²) in [6, 6.07) is 6.42. The van der Waals surface area contributed by atoms with Gasteiger partial charge in [-0.2, -0.15) is 15.6 Å². The molecule has 0 spiro atoms. The van der Waals surface area contributed by atoms with E-state index >= 15 is 0 Å². The van der Waals surface area contributed by atoms with Crippen LogP contribution in [0, 0.1) is 28.6 Å². The fourth-order valence-corrected chi connectivity index (χ4v) is 1.55. The van der Waals surface area contributed by atoms with Crippen molar-refractivity contribution >= 4 is 0 Å². The zero-order chi connectivity index (χ0) is 12.5. The number of nitriles is 2. The topological polar surface area (TPSA) is 77.4 Å². The molecule has 1 N–H and O–H groups in total. The van der Waals surface area contributed by atoms with Crippen molar-refractivity contribution in [3.05, 3.63) is 18.5 Å². The van der Waals surface area contributed by atoms with Crippen LogP contribution >= 0.6 is 0 Å². The van der Waals surface area contributed by atoms with Gasteiger partial charge in [-0.05, 0) is 19.4 Å². The molecule has 2 atom stereocenters. The Bertz CT molecular complexity index is 384. The van der Waals surface area contributed by atoms with Crippen molar-refractivity contribution in [2.75, 3.05) is 6.54 Å². The van der Waals surface area contributed by atoms with Crippen LogP contribution in [-0.2, 0) is 6.54 Å². The van der Waals surface area contributed by atoms with E-state index in [2.05, 4.69) is 29.5 Å². The van der Waals surface area contributed by atoms with Crippen LogP contribution in [-0.4, -0.2) is 22.4 Å². The fourth-order valence-electron chi connectivity index (χ4n) is 1.55. The van der Waals surface area contributed by atoms with Crippen LogP contribution in [0.25, 0.3) is 0 Å². The molecule has 0 saturated heterocycles. The van der Waals surface area contributed by atoms with Crippen molar-refractivity contribution in [1.82, 2.24) is 15.1 Å². The first kappa shape index (κ1) is 13.2. The van der Waals surface area contributed by atoms with E-state index in [0.717, 1.165) is 6.54 Å². The highest BCUT2D eigenvalue weighted by molar-refractivity contribution is 4.88. The molecule has 5 heteroatoms. The molecule has 0 aliphatic heterocycles. The number of hydrogen-bond donors (Lipinski definition) is 1. The molecule has 1 aromatic rings. The third-order valence-corrected chi connectivity index (χ3v) is 2.52. The highest BCUT2D eigenvalue weighted by Crippen LogP contribution is 2.03. The molecule has 5 nitrogen and oxygen atoms in total. The molecule has 1 rings (SSSR count). The van der Waals surface area contributed by atoms with Gasteiger partial charge < -0.3 is 5.32 Å². The minimum Gasteiger partial charge on any atom is -0.311 e. The second-order valence-corrected chi connectivity index (χ2v) is 4.06. The molecule has 0 radical (unpaired) electrons. The standard InChI is InChI=1S/C12H17N5/c1-11(10-17-7-3-6-16-17)15-9-12(8-14)4-2-5-13/h3,6-7,11-12,15H,2,4,9-10H2,1H3/t11-,12+/m1/s1. The van der Waals surface area contributed by atoms with Gasteiger partial charge in [0.1, 0.15) is 0 Å². The third-order valence-electron chi connectivity index (χ3n) is 2.52. The quantitative estimate of drug-likeness (QED) is 0.767. The Balaban J connectivity index is 2.25. The Morgan fingerprint density at radius 2 is 2.29 bits per heavy atom. The largest absolute Gasteiger partial charge is 0.311 e. The van der Waals surface area contributed by atoms with E-state index in [4.69, 9.17) is 10.5 Å². The molecular formula is C12H17N5. The van der Waals surface area contributed by atoms with Crippen LogP contribution in [0.1, 0.15) is 19.8 Å². The lowest BCUT2D eigenvalue weighted by atomic mass is 10.1. The smallest absolute Gasteiger partial charge is 0.0669 e. The summed E-state index contributed by atoms with van der Waals surface area (Å²) in [4.78, 5) is 0. The highest BCUT2D eigenvalue weighted by Gasteiger charge is 2.09. The number of nitrogens with zero attached hydrogens (tertiary/aromatic N) is 4. The van der Waals surface area contributed by atoms with Crippen LogP contribution < -0.4 is 5.32 Å². The summed E-state index contributed by atoms with van der Waals surface area (Å²) in [6.07, 6.45) is 4.73. The van der Waals surface area contributed by atoms with E-state index in [1.54, 1.807) is 6.20 Å². The number of nitrogens with one attached hydrogen (secondary N) is 1. The molecule has 0 aromatic carbocycles. The summed E-state index contributed by atoms with van der Waals surface area (Å²) in [7, 11) is 0. The molecule has 0 unspecified atom stereocenters. The Labute approximate surface area is 102 Å². The molecule has 1 heterocycles. The SMILES string of the molecule is C[C@H](Cn1cccn1)NC[C@H](C#N)CCC#N. The summed E-state index contributed by atoms with van der Waals surface area (Å²) in [5.41, 5.74) is 0. The Morgan fingerprint density at radius 3 is 2.88 bits per heavy atom. The molecule has 17 heavy (non-hydrogen) atoms. The lowest BCUT2D eigenvalue weighted by Gasteiger charge is -2.15. The van der Waals surface area contributed by atoms with Crippen molar-refractivity contribution < 1.29 is 0 Å². The van der Waals surface area contributed by atoms with Crippen LogP contribution in [0.2, 0.25) is 0 Å². The minimum atomic E-state index is -0.0882. The maximum absolute atomic E-state index is 8.91. The molecule has 0 aliphatic carbocycles. The summed E-state index contributed by atoms with van der Waals surface area (Å²) in [5.74, 6) is -0.0882. The second kappa shape index (κ2) is 7.43. The van der Waals surface area contributed by atoms with E-state index in [9.17, 15) is 0 Å². The summed E-state index contributed by atoms with van der Waals surface area (Å²) in [6.45, 7) is 3.46. The molecule has 0 bridgehead atoms. The first-order valence-electron chi connectivity index (χ1n) is 5.73. The predicted octanol–water partition coefficient (Wildman–Crippen LogP) is 1.30. The fraction of sp³-hybridized carbons (Fsp3) is 0.583. The Morgan fingerprint density at radius 1 is 1.47 bits per heavy atom. The van der Waals surface area contributed by atoms with Gasteiger partial charge in [-0.1, -0.05) is 0 Å². The van der Waals surface area contributed by atoms with Crippen LogP contribution in [0.5, 0.6) is 0 Å². The minimum absolute atomic E-state index is 0.0882. The van der Waals surface area contributed by atoms with E-state index in [0.29, 0.717) is 19.4 Å². The van der Waals surface area contributed by atoms with Crippen molar-refractivity contribution in [2.45, 2.75) is 32.4 Å². The van der Waals surface area contributed by atoms with Crippen LogP contribution in [0.4, 0.5) is 0 Å². The van der Waals surface area contributed by atoms with Gasteiger partial charge >= 0.3 is 0 Å². The predicted molar refractivity (Wildman–Crippen MR) is 63.6 cm³/mol. The van der Waals surface area contributed by atoms with Crippen LogP contribution in [0.3, 0.4) is 0 Å². The lowest BCUT2D eigenvalue weighted by Crippen LogP contribution is -2.34. The number of aromatic nitrogens is 2. The average molecular weight is 231 g/mol. The van der Waals surface area contributed by atoms with Crippen LogP contribution in [0.15, 0.2) is 18.5 Å². The van der Waals surface area contributed by atoms with Crippen molar-refractivity contribution in [1.29, 1.82) is 10.5 Å². The molecule has 0 fully saturated rings. The van der Waals surface area contributed by atoms with E-state index in [1.165, 1.54) is 0 Å². The molecule has 0 aliphatic rings. The summed E-state index contributed by atoms with van der Waals surface area (Å²) < 4.78 is 1.86. The van der Waals surface area contributed by atoms with E-state index in [-0.39, 0.29) is 12.0 Å².